The van der Waals surface area contributed by atoms with Gasteiger partial charge < -0.3 is 9.57 Å². The minimum atomic E-state index is -0.423. The zero-order chi connectivity index (χ0) is 10.9. The van der Waals surface area contributed by atoms with E-state index < -0.39 is 5.97 Å². The van der Waals surface area contributed by atoms with E-state index in [0.717, 1.165) is 6.42 Å². The van der Waals surface area contributed by atoms with Gasteiger partial charge in [0.15, 0.2) is 0 Å². The summed E-state index contributed by atoms with van der Waals surface area (Å²) in [6.07, 6.45) is 1.08. The van der Waals surface area contributed by atoms with Gasteiger partial charge in [0.2, 0.25) is 0 Å². The quantitative estimate of drug-likeness (QED) is 0.408. The molecule has 0 spiro atoms. The normalized spacial score (nSPS) is 10.2. The first kappa shape index (κ1) is 12.1. The van der Waals surface area contributed by atoms with Crippen molar-refractivity contribution in [1.29, 1.82) is 0 Å². The maximum Gasteiger partial charge on any atom is 0.328 e. The maximum absolute atomic E-state index is 10.8. The van der Waals surface area contributed by atoms with E-state index in [1.54, 1.807) is 11.3 Å². The molecule has 1 heterocycles. The molecular weight excluding hydrogens is 216 g/mol. The van der Waals surface area contributed by atoms with Gasteiger partial charge in [-0.15, -0.1) is 11.3 Å². The highest BCUT2D eigenvalue weighted by molar-refractivity contribution is 7.09. The third-order valence-corrected chi connectivity index (χ3v) is 2.63. The number of hydrogen-bond acceptors (Lipinski definition) is 6. The fourth-order valence-corrected chi connectivity index (χ4v) is 1.69. The van der Waals surface area contributed by atoms with Gasteiger partial charge >= 0.3 is 5.97 Å². The van der Waals surface area contributed by atoms with E-state index in [9.17, 15) is 4.79 Å². The van der Waals surface area contributed by atoms with Crippen molar-refractivity contribution in [1.82, 2.24) is 5.59 Å². The molecule has 0 bridgehead atoms. The zero-order valence-corrected chi connectivity index (χ0v) is 9.09. The second-order valence-corrected chi connectivity index (χ2v) is 3.82. The Morgan fingerprint density at radius 1 is 1.53 bits per heavy atom. The van der Waals surface area contributed by atoms with Gasteiger partial charge in [-0.1, -0.05) is 11.7 Å². The third kappa shape index (κ3) is 5.48. The smallest absolute Gasteiger partial charge is 0.328 e. The van der Waals surface area contributed by atoms with Crippen LogP contribution in [0.15, 0.2) is 17.5 Å². The van der Waals surface area contributed by atoms with E-state index in [-0.39, 0.29) is 6.42 Å². The molecule has 84 valence electrons. The fourth-order valence-electron chi connectivity index (χ4n) is 1.00. The van der Waals surface area contributed by atoms with Gasteiger partial charge in [0.05, 0.1) is 19.6 Å². The van der Waals surface area contributed by atoms with Crippen LogP contribution >= 0.6 is 11.3 Å². The van der Waals surface area contributed by atoms with E-state index in [1.165, 1.54) is 4.88 Å². The highest BCUT2D eigenvalue weighted by atomic mass is 32.1. The van der Waals surface area contributed by atoms with Crippen LogP contribution in [0.3, 0.4) is 0 Å². The number of rotatable bonds is 7. The summed E-state index contributed by atoms with van der Waals surface area (Å²) < 4.78 is 5.26. The number of carbonyl (C=O) groups is 1. The van der Waals surface area contributed by atoms with Crippen molar-refractivity contribution in [2.24, 2.45) is 5.84 Å². The molecule has 0 saturated heterocycles. The Balaban J connectivity index is 1.95. The Morgan fingerprint density at radius 3 is 3.07 bits per heavy atom. The highest BCUT2D eigenvalue weighted by Gasteiger charge is 2.01. The number of nitrogens with one attached hydrogen (secondary N) is 1. The summed E-state index contributed by atoms with van der Waals surface area (Å²) in [7, 11) is 0. The van der Waals surface area contributed by atoms with E-state index in [4.69, 9.17) is 10.6 Å². The van der Waals surface area contributed by atoms with Crippen LogP contribution in [0.4, 0.5) is 0 Å². The van der Waals surface area contributed by atoms with E-state index in [2.05, 4.69) is 10.9 Å². The Bertz CT molecular complexity index is 277. The second kappa shape index (κ2) is 7.36. The molecule has 0 aliphatic rings. The number of hydrazine groups is 1. The molecule has 0 amide bonds. The average molecular weight is 230 g/mol. The summed E-state index contributed by atoms with van der Waals surface area (Å²) in [5.41, 5.74) is 1.83. The van der Waals surface area contributed by atoms with Crippen LogP contribution in [-0.4, -0.2) is 19.2 Å². The van der Waals surface area contributed by atoms with Crippen LogP contribution < -0.4 is 11.4 Å². The predicted octanol–water partition coefficient (Wildman–Crippen LogP) is 0.619. The highest BCUT2D eigenvalue weighted by Crippen LogP contribution is 2.08. The molecule has 0 radical (unpaired) electrons. The largest absolute Gasteiger partial charge is 0.380 e. The van der Waals surface area contributed by atoms with Crippen molar-refractivity contribution < 1.29 is 14.4 Å². The molecule has 15 heavy (non-hydrogen) atoms. The van der Waals surface area contributed by atoms with Crippen LogP contribution in [0.5, 0.6) is 0 Å². The van der Waals surface area contributed by atoms with Crippen LogP contribution in [0.1, 0.15) is 11.3 Å². The predicted molar refractivity (Wildman–Crippen MR) is 56.9 cm³/mol. The molecule has 0 unspecified atom stereocenters. The van der Waals surface area contributed by atoms with Crippen molar-refractivity contribution in [3.05, 3.63) is 22.4 Å². The van der Waals surface area contributed by atoms with Gasteiger partial charge in [-0.25, -0.2) is 5.84 Å². The summed E-state index contributed by atoms with van der Waals surface area (Å²) in [6.45, 7) is 0.968. The molecule has 1 rings (SSSR count). The SMILES string of the molecule is NNOC(=O)CCOCCc1cccs1. The molecule has 0 aromatic carbocycles. The van der Waals surface area contributed by atoms with Gasteiger partial charge in [0.1, 0.15) is 0 Å². The van der Waals surface area contributed by atoms with E-state index in [1.807, 2.05) is 17.0 Å². The lowest BCUT2D eigenvalue weighted by atomic mass is 10.4. The minimum absolute atomic E-state index is 0.203. The molecule has 1 aromatic rings. The fraction of sp³-hybridized carbons (Fsp3) is 0.444. The molecule has 5 nitrogen and oxygen atoms in total. The lowest BCUT2D eigenvalue weighted by molar-refractivity contribution is -0.152. The van der Waals surface area contributed by atoms with Crippen LogP contribution in [0.25, 0.3) is 0 Å². The van der Waals surface area contributed by atoms with Crippen LogP contribution in [0, 0.1) is 0 Å². The summed E-state index contributed by atoms with van der Waals surface area (Å²) >= 11 is 1.70. The first-order valence-electron chi connectivity index (χ1n) is 4.58. The molecule has 1 aromatic heterocycles. The first-order chi connectivity index (χ1) is 7.33. The molecule has 0 saturated carbocycles. The zero-order valence-electron chi connectivity index (χ0n) is 8.27. The summed E-state index contributed by atoms with van der Waals surface area (Å²) in [6, 6.07) is 4.06. The maximum atomic E-state index is 10.8. The molecule has 0 aliphatic heterocycles. The van der Waals surface area contributed by atoms with Crippen molar-refractivity contribution in [3.63, 3.8) is 0 Å². The molecule has 0 fully saturated rings. The van der Waals surface area contributed by atoms with Crippen molar-refractivity contribution in [3.8, 4) is 0 Å². The number of carbonyl (C=O) groups excluding carboxylic acids is 1. The Labute approximate surface area is 92.1 Å². The van der Waals surface area contributed by atoms with E-state index >= 15 is 0 Å². The monoisotopic (exact) mass is 230 g/mol. The van der Waals surface area contributed by atoms with Crippen LogP contribution in [-0.2, 0) is 20.8 Å². The van der Waals surface area contributed by atoms with Crippen molar-refractivity contribution in [2.75, 3.05) is 13.2 Å². The first-order valence-corrected chi connectivity index (χ1v) is 5.46. The summed E-state index contributed by atoms with van der Waals surface area (Å²) in [5.74, 6) is 4.37. The number of thiophene rings is 1. The summed E-state index contributed by atoms with van der Waals surface area (Å²) in [5, 5.41) is 2.03. The van der Waals surface area contributed by atoms with Crippen molar-refractivity contribution in [2.45, 2.75) is 12.8 Å². The van der Waals surface area contributed by atoms with Crippen LogP contribution in [0.2, 0.25) is 0 Å². The Morgan fingerprint density at radius 2 is 2.40 bits per heavy atom. The van der Waals surface area contributed by atoms with Gasteiger partial charge in [-0.05, 0) is 11.4 Å². The molecule has 3 N–H and O–H groups in total. The van der Waals surface area contributed by atoms with Gasteiger partial charge in [0, 0.05) is 11.3 Å². The molecule has 6 heteroatoms. The van der Waals surface area contributed by atoms with E-state index in [0.29, 0.717) is 13.2 Å². The Kier molecular flexibility index (Phi) is 5.94. The summed E-state index contributed by atoms with van der Waals surface area (Å²) in [4.78, 5) is 16.4. The topological polar surface area (TPSA) is 73.6 Å². The van der Waals surface area contributed by atoms with Gasteiger partial charge in [-0.2, -0.15) is 0 Å². The number of nitrogens with two attached hydrogens (primary N) is 1. The second-order valence-electron chi connectivity index (χ2n) is 2.78. The van der Waals surface area contributed by atoms with Crippen molar-refractivity contribution >= 4 is 17.3 Å². The standard InChI is InChI=1S/C9H14N2O3S/c10-11-14-9(12)4-6-13-5-3-8-2-1-7-15-8/h1-2,7,11H,3-6,10H2. The van der Waals surface area contributed by atoms with Gasteiger partial charge in [0.25, 0.3) is 0 Å². The lowest BCUT2D eigenvalue weighted by Crippen LogP contribution is -2.26. The molecule has 0 aliphatic carbocycles. The number of ether oxygens (including phenoxy) is 1. The number of hydrogen-bond donors (Lipinski definition) is 2. The minimum Gasteiger partial charge on any atom is -0.380 e. The third-order valence-electron chi connectivity index (χ3n) is 1.70. The lowest BCUT2D eigenvalue weighted by Gasteiger charge is -2.02. The molecular formula is C9H14N2O3S. The average Bonchev–Trinajstić information content (AvgIpc) is 2.70. The molecule has 0 atom stereocenters. The Hall–Kier alpha value is -0.950. The van der Waals surface area contributed by atoms with Gasteiger partial charge in [-0.3, -0.25) is 4.79 Å².